The van der Waals surface area contributed by atoms with Crippen LogP contribution < -0.4 is 10.1 Å². The molecular weight excluding hydrogens is 311 g/mol. The highest BCUT2D eigenvalue weighted by Gasteiger charge is 2.26. The van der Waals surface area contributed by atoms with E-state index in [9.17, 15) is 14.0 Å². The molecular formula is C18H23FN2O3. The molecule has 1 aliphatic heterocycles. The average molecular weight is 334 g/mol. The maximum Gasteiger partial charge on any atom is 0.254 e. The Balaban J connectivity index is 2.04. The number of ether oxygens (including phenoxy) is 1. The first-order chi connectivity index (χ1) is 11.6. The van der Waals surface area contributed by atoms with E-state index in [1.165, 1.54) is 0 Å². The Labute approximate surface area is 141 Å². The summed E-state index contributed by atoms with van der Waals surface area (Å²) in [5, 5.41) is 2.70. The third-order valence-corrected chi connectivity index (χ3v) is 3.99. The van der Waals surface area contributed by atoms with Crippen LogP contribution in [0.3, 0.4) is 0 Å². The van der Waals surface area contributed by atoms with Gasteiger partial charge < -0.3 is 15.0 Å². The zero-order valence-electron chi connectivity index (χ0n) is 14.1. The number of hydrogen-bond acceptors (Lipinski definition) is 3. The highest BCUT2D eigenvalue weighted by molar-refractivity contribution is 5.98. The van der Waals surface area contributed by atoms with Gasteiger partial charge in [0.15, 0.2) is 0 Å². The van der Waals surface area contributed by atoms with Crippen LogP contribution in [-0.2, 0) is 11.2 Å². The minimum absolute atomic E-state index is 0.0749. The number of likely N-dealkylation sites (N-methyl/N-ethyl adjacent to an activating group) is 1. The quantitative estimate of drug-likeness (QED) is 0.833. The van der Waals surface area contributed by atoms with Gasteiger partial charge in [-0.2, -0.15) is 0 Å². The van der Waals surface area contributed by atoms with Crippen molar-refractivity contribution in [2.75, 3.05) is 26.2 Å². The van der Waals surface area contributed by atoms with Crippen LogP contribution in [0.15, 0.2) is 30.1 Å². The van der Waals surface area contributed by atoms with Crippen molar-refractivity contribution in [3.63, 3.8) is 0 Å². The molecule has 2 rings (SSSR count). The number of nitrogens with zero attached hydrogens (tertiary/aromatic N) is 1. The number of halogens is 1. The van der Waals surface area contributed by atoms with Crippen molar-refractivity contribution < 1.29 is 18.7 Å². The Morgan fingerprint density at radius 2 is 2.21 bits per heavy atom. The largest absolute Gasteiger partial charge is 0.489 e. The molecule has 2 amide bonds. The molecule has 0 bridgehead atoms. The van der Waals surface area contributed by atoms with E-state index in [0.29, 0.717) is 49.1 Å². The molecule has 1 N–H and O–H groups in total. The highest BCUT2D eigenvalue weighted by Crippen LogP contribution is 2.24. The van der Waals surface area contributed by atoms with Crippen molar-refractivity contribution in [3.05, 3.63) is 41.2 Å². The van der Waals surface area contributed by atoms with Crippen LogP contribution in [-0.4, -0.2) is 43.0 Å². The van der Waals surface area contributed by atoms with Crippen LogP contribution in [0.2, 0.25) is 0 Å². The Hall–Kier alpha value is -2.37. The van der Waals surface area contributed by atoms with Crippen LogP contribution in [0.25, 0.3) is 0 Å². The van der Waals surface area contributed by atoms with Gasteiger partial charge in [0.2, 0.25) is 5.91 Å². The topological polar surface area (TPSA) is 58.6 Å². The first-order valence-electron chi connectivity index (χ1n) is 8.18. The minimum Gasteiger partial charge on any atom is -0.489 e. The summed E-state index contributed by atoms with van der Waals surface area (Å²) < 4.78 is 18.1. The SMILES string of the molecule is CCNC(=O)CN1CCc2cc(OCC(=CF)CC)ccc2C1=O. The Morgan fingerprint density at radius 1 is 1.42 bits per heavy atom. The van der Waals surface area contributed by atoms with E-state index < -0.39 is 0 Å². The molecule has 0 unspecified atom stereocenters. The summed E-state index contributed by atoms with van der Waals surface area (Å²) in [6, 6.07) is 5.24. The van der Waals surface area contributed by atoms with Crippen LogP contribution >= 0.6 is 0 Å². The van der Waals surface area contributed by atoms with Crippen molar-refractivity contribution in [2.45, 2.75) is 26.7 Å². The summed E-state index contributed by atoms with van der Waals surface area (Å²) in [6.07, 6.45) is 1.83. The second-order valence-electron chi connectivity index (χ2n) is 5.66. The van der Waals surface area contributed by atoms with Crippen LogP contribution in [0.4, 0.5) is 4.39 Å². The van der Waals surface area contributed by atoms with E-state index in [1.54, 1.807) is 17.0 Å². The van der Waals surface area contributed by atoms with Crippen molar-refractivity contribution in [2.24, 2.45) is 0 Å². The maximum atomic E-state index is 12.6. The molecule has 1 aliphatic rings. The van der Waals surface area contributed by atoms with Gasteiger partial charge in [-0.15, -0.1) is 0 Å². The average Bonchev–Trinajstić information content (AvgIpc) is 2.58. The number of hydrogen-bond donors (Lipinski definition) is 1. The number of fused-ring (bicyclic) bond motifs is 1. The molecule has 0 fully saturated rings. The number of benzene rings is 1. The first kappa shape index (κ1) is 18.0. The number of rotatable bonds is 7. The number of carbonyl (C=O) groups excluding carboxylic acids is 2. The molecule has 0 atom stereocenters. The zero-order valence-corrected chi connectivity index (χ0v) is 14.1. The summed E-state index contributed by atoms with van der Waals surface area (Å²) in [5.74, 6) is 0.317. The monoisotopic (exact) mass is 334 g/mol. The lowest BCUT2D eigenvalue weighted by atomic mass is 9.98. The fourth-order valence-corrected chi connectivity index (χ4v) is 2.57. The van der Waals surface area contributed by atoms with Gasteiger partial charge in [-0.1, -0.05) is 6.92 Å². The fraction of sp³-hybridized carbons (Fsp3) is 0.444. The Morgan fingerprint density at radius 3 is 2.88 bits per heavy atom. The van der Waals surface area contributed by atoms with Gasteiger partial charge in [-0.05, 0) is 49.1 Å². The van der Waals surface area contributed by atoms with Gasteiger partial charge in [-0.3, -0.25) is 9.59 Å². The molecule has 5 nitrogen and oxygen atoms in total. The molecule has 0 aromatic heterocycles. The van der Waals surface area contributed by atoms with Crippen molar-refractivity contribution in [3.8, 4) is 5.75 Å². The van der Waals surface area contributed by atoms with E-state index in [-0.39, 0.29) is 25.0 Å². The van der Waals surface area contributed by atoms with Crippen molar-refractivity contribution in [1.29, 1.82) is 0 Å². The van der Waals surface area contributed by atoms with Crippen LogP contribution in [0.1, 0.15) is 36.2 Å². The normalized spacial score (nSPS) is 14.4. The summed E-state index contributed by atoms with van der Waals surface area (Å²) >= 11 is 0. The summed E-state index contributed by atoms with van der Waals surface area (Å²) in [7, 11) is 0. The van der Waals surface area contributed by atoms with E-state index in [4.69, 9.17) is 4.74 Å². The second kappa shape index (κ2) is 8.47. The lowest BCUT2D eigenvalue weighted by Gasteiger charge is -2.28. The van der Waals surface area contributed by atoms with Gasteiger partial charge in [0.25, 0.3) is 5.91 Å². The molecule has 0 aliphatic carbocycles. The summed E-state index contributed by atoms with van der Waals surface area (Å²) in [4.78, 5) is 25.7. The Bertz CT molecular complexity index is 643. The molecule has 24 heavy (non-hydrogen) atoms. The second-order valence-corrected chi connectivity index (χ2v) is 5.66. The number of carbonyl (C=O) groups is 2. The van der Waals surface area contributed by atoms with E-state index in [0.717, 1.165) is 5.56 Å². The molecule has 130 valence electrons. The van der Waals surface area contributed by atoms with Crippen molar-refractivity contribution >= 4 is 11.8 Å². The number of nitrogens with one attached hydrogen (secondary N) is 1. The molecule has 1 heterocycles. The third-order valence-electron chi connectivity index (χ3n) is 3.99. The molecule has 1 aromatic carbocycles. The third kappa shape index (κ3) is 4.34. The molecule has 6 heteroatoms. The molecule has 0 saturated carbocycles. The lowest BCUT2D eigenvalue weighted by molar-refractivity contribution is -0.121. The zero-order chi connectivity index (χ0) is 17.5. The van der Waals surface area contributed by atoms with E-state index in [2.05, 4.69) is 5.32 Å². The van der Waals surface area contributed by atoms with Crippen molar-refractivity contribution in [1.82, 2.24) is 10.2 Å². The standard InChI is InChI=1S/C18H23FN2O3/c1-3-13(10-19)12-24-15-5-6-16-14(9-15)7-8-21(18(16)23)11-17(22)20-4-2/h5-6,9-10H,3-4,7-8,11-12H2,1-2H3,(H,20,22). The molecule has 0 spiro atoms. The lowest BCUT2D eigenvalue weighted by Crippen LogP contribution is -2.44. The number of amides is 2. The van der Waals surface area contributed by atoms with Gasteiger partial charge in [0.05, 0.1) is 12.9 Å². The first-order valence-corrected chi connectivity index (χ1v) is 8.18. The van der Waals surface area contributed by atoms with Gasteiger partial charge in [-0.25, -0.2) is 4.39 Å². The molecule has 0 saturated heterocycles. The minimum atomic E-state index is -0.153. The maximum absolute atomic E-state index is 12.6. The summed E-state index contributed by atoms with van der Waals surface area (Å²) in [6.45, 7) is 5.02. The summed E-state index contributed by atoms with van der Waals surface area (Å²) in [5.41, 5.74) is 2.07. The van der Waals surface area contributed by atoms with Gasteiger partial charge in [0, 0.05) is 18.7 Å². The highest BCUT2D eigenvalue weighted by atomic mass is 19.1. The fourth-order valence-electron chi connectivity index (χ4n) is 2.57. The van der Waals surface area contributed by atoms with Gasteiger partial charge >= 0.3 is 0 Å². The predicted molar refractivity (Wildman–Crippen MR) is 89.7 cm³/mol. The van der Waals surface area contributed by atoms with Crippen LogP contribution in [0.5, 0.6) is 5.75 Å². The predicted octanol–water partition coefficient (Wildman–Crippen LogP) is 2.46. The Kier molecular flexibility index (Phi) is 6.35. The smallest absolute Gasteiger partial charge is 0.254 e. The van der Waals surface area contributed by atoms with E-state index in [1.807, 2.05) is 19.9 Å². The van der Waals surface area contributed by atoms with Gasteiger partial charge in [0.1, 0.15) is 12.4 Å². The van der Waals surface area contributed by atoms with Crippen LogP contribution in [0, 0.1) is 0 Å². The molecule has 0 radical (unpaired) electrons. The van der Waals surface area contributed by atoms with E-state index >= 15 is 0 Å². The molecule has 1 aromatic rings.